The summed E-state index contributed by atoms with van der Waals surface area (Å²) in [6.07, 6.45) is 4.13. The lowest BCUT2D eigenvalue weighted by atomic mass is 10.1. The number of rotatable bonds is 3. The van der Waals surface area contributed by atoms with Crippen LogP contribution in [0.3, 0.4) is 0 Å². The van der Waals surface area contributed by atoms with Gasteiger partial charge < -0.3 is 9.51 Å². The first-order valence-corrected chi connectivity index (χ1v) is 7.99. The molecule has 0 unspecified atom stereocenters. The summed E-state index contributed by atoms with van der Waals surface area (Å²) in [6, 6.07) is 14.1. The van der Waals surface area contributed by atoms with Crippen LogP contribution in [0.15, 0.2) is 65.6 Å². The second-order valence-corrected chi connectivity index (χ2v) is 5.96. The highest BCUT2D eigenvalue weighted by atomic mass is 32.1. The molecule has 3 aromatic heterocycles. The molecule has 4 aromatic rings. The number of benzene rings is 1. The summed E-state index contributed by atoms with van der Waals surface area (Å²) >= 11 is 1.68. The molecule has 0 radical (unpaired) electrons. The van der Waals surface area contributed by atoms with Gasteiger partial charge in [0.1, 0.15) is 5.65 Å². The lowest BCUT2D eigenvalue weighted by Gasteiger charge is -2.04. The standard InChI is InChI=1S/C18H14N2OS/c21-11-13-2-1-3-14(8-13)15-4-5-18-19-17(10-20(18)9-15)16-6-7-22-12-16/h1-10,12,21H,11H2. The van der Waals surface area contributed by atoms with Gasteiger partial charge in [-0.25, -0.2) is 4.98 Å². The van der Waals surface area contributed by atoms with Gasteiger partial charge in [-0.3, -0.25) is 0 Å². The van der Waals surface area contributed by atoms with Gasteiger partial charge in [-0.1, -0.05) is 18.2 Å². The molecule has 0 bridgehead atoms. The third-order valence-corrected chi connectivity index (χ3v) is 4.39. The molecule has 1 aromatic carbocycles. The molecule has 4 heteroatoms. The largest absolute Gasteiger partial charge is 0.392 e. The molecule has 0 atom stereocenters. The second kappa shape index (κ2) is 5.40. The minimum absolute atomic E-state index is 0.0590. The Bertz CT molecular complexity index is 925. The molecule has 0 amide bonds. The van der Waals surface area contributed by atoms with Crippen LogP contribution < -0.4 is 0 Å². The number of imidazole rings is 1. The number of hydrogen-bond donors (Lipinski definition) is 1. The SMILES string of the molecule is OCc1cccc(-c2ccc3nc(-c4ccsc4)cn3c2)c1. The van der Waals surface area contributed by atoms with Gasteiger partial charge in [0, 0.05) is 23.3 Å². The number of nitrogens with zero attached hydrogens (tertiary/aromatic N) is 2. The van der Waals surface area contributed by atoms with Crippen LogP contribution in [0.5, 0.6) is 0 Å². The summed E-state index contributed by atoms with van der Waals surface area (Å²) in [5.74, 6) is 0. The maximum Gasteiger partial charge on any atom is 0.137 e. The zero-order valence-corrected chi connectivity index (χ0v) is 12.6. The van der Waals surface area contributed by atoms with Crippen molar-refractivity contribution in [3.63, 3.8) is 0 Å². The lowest BCUT2D eigenvalue weighted by Crippen LogP contribution is -1.87. The van der Waals surface area contributed by atoms with Crippen LogP contribution in [-0.2, 0) is 6.61 Å². The Morgan fingerprint density at radius 2 is 1.95 bits per heavy atom. The number of fused-ring (bicyclic) bond motifs is 1. The first-order chi connectivity index (χ1) is 10.8. The molecule has 1 N–H and O–H groups in total. The van der Waals surface area contributed by atoms with Crippen LogP contribution in [0.4, 0.5) is 0 Å². The van der Waals surface area contributed by atoms with Gasteiger partial charge >= 0.3 is 0 Å². The van der Waals surface area contributed by atoms with Gasteiger partial charge in [0.2, 0.25) is 0 Å². The van der Waals surface area contributed by atoms with Crippen LogP contribution in [0.1, 0.15) is 5.56 Å². The molecule has 0 aliphatic rings. The average Bonchev–Trinajstić information content (AvgIpc) is 3.23. The maximum absolute atomic E-state index is 9.28. The third kappa shape index (κ3) is 2.32. The summed E-state index contributed by atoms with van der Waals surface area (Å²) in [5.41, 5.74) is 6.20. The van der Waals surface area contributed by atoms with Crippen LogP contribution >= 0.6 is 11.3 Å². The Hall–Kier alpha value is -2.43. The van der Waals surface area contributed by atoms with Gasteiger partial charge in [0.05, 0.1) is 12.3 Å². The van der Waals surface area contributed by atoms with Gasteiger partial charge in [0.25, 0.3) is 0 Å². The van der Waals surface area contributed by atoms with E-state index in [4.69, 9.17) is 0 Å². The highest BCUT2D eigenvalue weighted by molar-refractivity contribution is 7.08. The van der Waals surface area contributed by atoms with Crippen molar-refractivity contribution in [3.05, 3.63) is 71.2 Å². The van der Waals surface area contributed by atoms with E-state index in [1.165, 1.54) is 0 Å². The fraction of sp³-hybridized carbons (Fsp3) is 0.0556. The minimum atomic E-state index is 0.0590. The van der Waals surface area contributed by atoms with E-state index in [2.05, 4.69) is 46.3 Å². The van der Waals surface area contributed by atoms with E-state index >= 15 is 0 Å². The Morgan fingerprint density at radius 3 is 2.77 bits per heavy atom. The van der Waals surface area contributed by atoms with Crippen LogP contribution in [0.2, 0.25) is 0 Å². The first kappa shape index (κ1) is 13.2. The first-order valence-electron chi connectivity index (χ1n) is 7.05. The number of aromatic nitrogens is 2. The molecule has 22 heavy (non-hydrogen) atoms. The van der Waals surface area contributed by atoms with Gasteiger partial charge in [-0.05, 0) is 46.3 Å². The topological polar surface area (TPSA) is 37.5 Å². The Balaban J connectivity index is 1.80. The third-order valence-electron chi connectivity index (χ3n) is 3.71. The Kier molecular flexibility index (Phi) is 3.25. The molecule has 4 rings (SSSR count). The van der Waals surface area contributed by atoms with Crippen LogP contribution in [0, 0.1) is 0 Å². The Labute approximate surface area is 132 Å². The molecule has 108 valence electrons. The van der Waals surface area contributed by atoms with E-state index in [1.807, 2.05) is 28.7 Å². The van der Waals surface area contributed by atoms with E-state index in [0.29, 0.717) is 0 Å². The van der Waals surface area contributed by atoms with Crippen LogP contribution in [-0.4, -0.2) is 14.5 Å². The van der Waals surface area contributed by atoms with Crippen molar-refractivity contribution in [1.82, 2.24) is 9.38 Å². The van der Waals surface area contributed by atoms with Crippen LogP contribution in [0.25, 0.3) is 28.0 Å². The quantitative estimate of drug-likeness (QED) is 0.615. The molecule has 0 aliphatic heterocycles. The van der Waals surface area contributed by atoms with Crippen molar-refractivity contribution >= 4 is 17.0 Å². The van der Waals surface area contributed by atoms with Gasteiger partial charge in [0.15, 0.2) is 0 Å². The molecule has 0 saturated carbocycles. The van der Waals surface area contributed by atoms with E-state index < -0.39 is 0 Å². The molecule has 3 heterocycles. The summed E-state index contributed by atoms with van der Waals surface area (Å²) < 4.78 is 2.05. The van der Waals surface area contributed by atoms with Crippen molar-refractivity contribution in [1.29, 1.82) is 0 Å². The predicted molar refractivity (Wildman–Crippen MR) is 89.9 cm³/mol. The minimum Gasteiger partial charge on any atom is -0.392 e. The zero-order valence-electron chi connectivity index (χ0n) is 11.8. The van der Waals surface area contributed by atoms with Gasteiger partial charge in [-0.2, -0.15) is 11.3 Å². The highest BCUT2D eigenvalue weighted by Gasteiger charge is 2.06. The smallest absolute Gasteiger partial charge is 0.137 e. The lowest BCUT2D eigenvalue weighted by molar-refractivity contribution is 0.282. The Morgan fingerprint density at radius 1 is 1.00 bits per heavy atom. The van der Waals surface area contributed by atoms with Crippen molar-refractivity contribution in [3.8, 4) is 22.4 Å². The van der Waals surface area contributed by atoms with E-state index in [9.17, 15) is 5.11 Å². The molecule has 3 nitrogen and oxygen atoms in total. The summed E-state index contributed by atoms with van der Waals surface area (Å²) in [6.45, 7) is 0.0590. The number of thiophene rings is 1. The molecule has 0 spiro atoms. The summed E-state index contributed by atoms with van der Waals surface area (Å²) in [4.78, 5) is 4.65. The van der Waals surface area contributed by atoms with Crippen molar-refractivity contribution in [2.24, 2.45) is 0 Å². The number of hydrogen-bond acceptors (Lipinski definition) is 3. The fourth-order valence-electron chi connectivity index (χ4n) is 2.56. The molecular weight excluding hydrogens is 292 g/mol. The maximum atomic E-state index is 9.28. The molecule has 0 aliphatic carbocycles. The second-order valence-electron chi connectivity index (χ2n) is 5.18. The monoisotopic (exact) mass is 306 g/mol. The van der Waals surface area contributed by atoms with E-state index in [0.717, 1.165) is 33.6 Å². The number of pyridine rings is 1. The summed E-state index contributed by atoms with van der Waals surface area (Å²) in [5, 5.41) is 13.4. The fourth-order valence-corrected chi connectivity index (χ4v) is 3.21. The average molecular weight is 306 g/mol. The number of aliphatic hydroxyl groups excluding tert-OH is 1. The predicted octanol–water partition coefficient (Wildman–Crippen LogP) is 4.22. The van der Waals surface area contributed by atoms with Crippen molar-refractivity contribution in [2.45, 2.75) is 6.61 Å². The molecular formula is C18H14N2OS. The highest BCUT2D eigenvalue weighted by Crippen LogP contribution is 2.25. The number of aliphatic hydroxyl groups is 1. The zero-order chi connectivity index (χ0) is 14.9. The molecule has 0 saturated heterocycles. The van der Waals surface area contributed by atoms with E-state index in [1.54, 1.807) is 11.3 Å². The normalized spacial score (nSPS) is 11.1. The molecule has 0 fully saturated rings. The summed E-state index contributed by atoms with van der Waals surface area (Å²) in [7, 11) is 0. The van der Waals surface area contributed by atoms with Crippen molar-refractivity contribution in [2.75, 3.05) is 0 Å². The van der Waals surface area contributed by atoms with E-state index in [-0.39, 0.29) is 6.61 Å². The van der Waals surface area contributed by atoms with Gasteiger partial charge in [-0.15, -0.1) is 0 Å². The van der Waals surface area contributed by atoms with Crippen molar-refractivity contribution < 1.29 is 5.11 Å².